The van der Waals surface area contributed by atoms with Crippen molar-refractivity contribution in [3.8, 4) is 0 Å². The minimum Gasteiger partial charge on any atom is -0.370 e. The van der Waals surface area contributed by atoms with E-state index >= 15 is 0 Å². The van der Waals surface area contributed by atoms with Gasteiger partial charge < -0.3 is 64.4 Å². The average molecular weight is 979 g/mol. The van der Waals surface area contributed by atoms with Crippen molar-refractivity contribution in [2.24, 2.45) is 28.1 Å². The molecule has 22 nitrogen and oxygen atoms in total. The van der Waals surface area contributed by atoms with Crippen molar-refractivity contribution in [3.05, 3.63) is 90.1 Å². The predicted octanol–water partition coefficient (Wildman–Crippen LogP) is -0.363. The molecule has 2 aromatic heterocycles. The van der Waals surface area contributed by atoms with E-state index in [-0.39, 0.29) is 88.7 Å². The number of H-pyrrole nitrogens is 2. The summed E-state index contributed by atoms with van der Waals surface area (Å²) in [5.41, 5.74) is 19.6. The Kier molecular flexibility index (Phi) is 19.5. The van der Waals surface area contributed by atoms with Gasteiger partial charge in [-0.05, 0) is 61.6 Å². The zero-order valence-electron chi connectivity index (χ0n) is 39.7. The van der Waals surface area contributed by atoms with E-state index in [9.17, 15) is 38.4 Å². The number of para-hydroxylation sites is 1. The summed E-state index contributed by atoms with van der Waals surface area (Å²) in [4.78, 5) is 126. The van der Waals surface area contributed by atoms with Gasteiger partial charge in [-0.25, -0.2) is 4.98 Å². The molecule has 2 aromatic carbocycles. The second-order valence-electron chi connectivity index (χ2n) is 18.2. The molecule has 15 N–H and O–H groups in total. The van der Waals surface area contributed by atoms with Gasteiger partial charge in [0.05, 0.1) is 6.33 Å². The second kappa shape index (κ2) is 26.3. The molecule has 1 saturated heterocycles. The van der Waals surface area contributed by atoms with Crippen molar-refractivity contribution in [1.82, 2.24) is 52.2 Å². The van der Waals surface area contributed by atoms with E-state index in [4.69, 9.17) is 17.2 Å². The van der Waals surface area contributed by atoms with Gasteiger partial charge in [0.1, 0.15) is 36.3 Å². The number of imidazole rings is 1. The van der Waals surface area contributed by atoms with Crippen molar-refractivity contribution in [2.75, 3.05) is 13.1 Å². The molecule has 1 saturated carbocycles. The molecular weight excluding hydrogens is 913 g/mol. The number of nitrogens with zero attached hydrogens (tertiary/aromatic N) is 2. The van der Waals surface area contributed by atoms with Crippen LogP contribution in [0, 0.1) is 5.92 Å². The van der Waals surface area contributed by atoms with Crippen molar-refractivity contribution in [3.63, 3.8) is 0 Å². The number of benzene rings is 2. The second-order valence-corrected chi connectivity index (χ2v) is 18.2. The third kappa shape index (κ3) is 16.4. The van der Waals surface area contributed by atoms with E-state index in [1.807, 2.05) is 24.3 Å². The van der Waals surface area contributed by atoms with Crippen LogP contribution in [0.1, 0.15) is 87.4 Å². The lowest BCUT2D eigenvalue weighted by molar-refractivity contribution is -0.135. The third-order valence-electron chi connectivity index (χ3n) is 12.8. The summed E-state index contributed by atoms with van der Waals surface area (Å²) in [7, 11) is 0. The highest BCUT2D eigenvalue weighted by molar-refractivity contribution is 5.97. The molecule has 1 aliphatic heterocycles. The summed E-state index contributed by atoms with van der Waals surface area (Å²) in [6.45, 7) is -0.0929. The summed E-state index contributed by atoms with van der Waals surface area (Å²) in [6.07, 6.45) is 9.02. The normalized spacial score (nSPS) is 21.6. The molecule has 3 heterocycles. The molecule has 380 valence electrons. The van der Waals surface area contributed by atoms with Gasteiger partial charge in [0.15, 0.2) is 5.96 Å². The number of nitrogens with one attached hydrogen (secondary N) is 9. The molecule has 71 heavy (non-hydrogen) atoms. The molecular formula is C49H66N14O8. The van der Waals surface area contributed by atoms with E-state index in [0.29, 0.717) is 16.8 Å². The van der Waals surface area contributed by atoms with Crippen LogP contribution in [0.3, 0.4) is 0 Å². The fourth-order valence-corrected chi connectivity index (χ4v) is 8.93. The van der Waals surface area contributed by atoms with Gasteiger partial charge in [0.25, 0.3) is 0 Å². The van der Waals surface area contributed by atoms with E-state index in [0.717, 1.165) is 43.0 Å². The lowest BCUT2D eigenvalue weighted by Gasteiger charge is -2.27. The first-order chi connectivity index (χ1) is 34.2. The fraction of sp³-hybridized carbons (Fsp3) is 0.469. The zero-order valence-corrected chi connectivity index (χ0v) is 39.7. The molecule has 4 aromatic rings. The highest BCUT2D eigenvalue weighted by Gasteiger charge is 2.35. The van der Waals surface area contributed by atoms with Crippen LogP contribution in [0.5, 0.6) is 0 Å². The molecule has 0 radical (unpaired) electrons. The van der Waals surface area contributed by atoms with Crippen LogP contribution < -0.4 is 54.4 Å². The smallest absolute Gasteiger partial charge is 0.243 e. The number of aromatic amines is 2. The Bertz CT molecular complexity index is 2490. The third-order valence-corrected chi connectivity index (χ3v) is 12.8. The quantitative estimate of drug-likeness (QED) is 0.0391. The first-order valence-corrected chi connectivity index (χ1v) is 24.2. The van der Waals surface area contributed by atoms with Gasteiger partial charge in [0, 0.05) is 74.2 Å². The summed E-state index contributed by atoms with van der Waals surface area (Å²) < 4.78 is 0. The van der Waals surface area contributed by atoms with Crippen LogP contribution in [0.15, 0.2) is 78.3 Å². The Labute approximate surface area is 411 Å². The summed E-state index contributed by atoms with van der Waals surface area (Å²) in [6, 6.07) is 8.36. The molecule has 0 spiro atoms. The van der Waals surface area contributed by atoms with Crippen LogP contribution in [-0.4, -0.2) is 118 Å². The summed E-state index contributed by atoms with van der Waals surface area (Å²) in [5, 5.41) is 20.1. The van der Waals surface area contributed by atoms with Gasteiger partial charge in [-0.3, -0.25) is 43.3 Å². The number of primary amides is 1. The van der Waals surface area contributed by atoms with E-state index in [1.54, 1.807) is 36.5 Å². The van der Waals surface area contributed by atoms with Crippen LogP contribution in [0.25, 0.3) is 10.9 Å². The number of carbonyl (C=O) groups excluding carboxylic acids is 8. The maximum Gasteiger partial charge on any atom is 0.243 e. The standard InChI is InChI=1S/C49H66N14O8/c50-43(66)38(24-31-26-56-34-15-8-7-14-33(31)34)61-46(69)37-19-21-54-41(64)18-17-36(58-42(65)23-30-12-5-2-6-13-30)45(68)63-40(25-32-27-53-28-57-32)48(71)62-39(22-29-10-3-1-4-11-29)47(70)59-35(44(67)60-37)16-9-20-55-49(51)52/h1,3-4,7-8,10-11,14-15,26-28,30,35-40,56H,2,5-6,9,12-13,16-25H2,(H2,50,66)(H,53,57)(H,54,64)(H,58,65)(H,59,70)(H,60,67)(H,61,69)(H,62,71)(H,63,68)(H4,51,52,55). The van der Waals surface area contributed by atoms with Gasteiger partial charge >= 0.3 is 0 Å². The van der Waals surface area contributed by atoms with Crippen LogP contribution in [-0.2, 0) is 57.6 Å². The number of rotatable bonds is 16. The van der Waals surface area contributed by atoms with Crippen molar-refractivity contribution >= 4 is 64.1 Å². The Morgan fingerprint density at radius 3 is 2.17 bits per heavy atom. The fourth-order valence-electron chi connectivity index (χ4n) is 8.93. The molecule has 6 unspecified atom stereocenters. The average Bonchev–Trinajstić information content (AvgIpc) is 4.03. The number of hydrogen-bond donors (Lipinski definition) is 12. The predicted molar refractivity (Wildman–Crippen MR) is 263 cm³/mol. The van der Waals surface area contributed by atoms with Gasteiger partial charge in [-0.2, -0.15) is 0 Å². The Morgan fingerprint density at radius 1 is 0.761 bits per heavy atom. The lowest BCUT2D eigenvalue weighted by Crippen LogP contribution is -2.60. The maximum atomic E-state index is 14.5. The van der Waals surface area contributed by atoms with Gasteiger partial charge in [-0.1, -0.05) is 67.8 Å². The van der Waals surface area contributed by atoms with Gasteiger partial charge in [-0.15, -0.1) is 0 Å². The van der Waals surface area contributed by atoms with Crippen LogP contribution in [0.2, 0.25) is 0 Å². The number of carbonyl (C=O) groups is 8. The zero-order chi connectivity index (χ0) is 50.7. The molecule has 1 aliphatic carbocycles. The van der Waals surface area contributed by atoms with E-state index < -0.39 is 77.6 Å². The number of aliphatic imine (C=N–C) groups is 1. The molecule has 6 atom stereocenters. The molecule has 2 aliphatic rings. The lowest BCUT2D eigenvalue weighted by atomic mass is 9.87. The Morgan fingerprint density at radius 2 is 1.45 bits per heavy atom. The number of fused-ring (bicyclic) bond motifs is 1. The SMILES string of the molecule is NC(=O)C(Cc1c[nH]c2ccccc12)NC(=O)C1CCNC(=O)CCC(NC(=O)CC2CCCCC2)C(=O)NC(Cc2cnc[nH]2)C(=O)NC(Cc2ccccc2)C(=O)NC(CCCN=C(N)N)C(=O)N1. The molecule has 22 heteroatoms. The number of hydrogen-bond acceptors (Lipinski definition) is 10. The first-order valence-electron chi connectivity index (χ1n) is 24.2. The van der Waals surface area contributed by atoms with Crippen LogP contribution in [0.4, 0.5) is 0 Å². The number of guanidine groups is 1. The molecule has 0 bridgehead atoms. The minimum atomic E-state index is -1.40. The minimum absolute atomic E-state index is 0.00910. The van der Waals surface area contributed by atoms with E-state index in [1.165, 1.54) is 12.5 Å². The number of aromatic nitrogens is 3. The molecule has 8 amide bonds. The van der Waals surface area contributed by atoms with Crippen LogP contribution >= 0.6 is 0 Å². The van der Waals surface area contributed by atoms with Crippen molar-refractivity contribution in [1.29, 1.82) is 0 Å². The highest BCUT2D eigenvalue weighted by atomic mass is 16.2. The highest BCUT2D eigenvalue weighted by Crippen LogP contribution is 2.26. The first kappa shape index (κ1) is 52.6. The van der Waals surface area contributed by atoms with E-state index in [2.05, 4.69) is 57.2 Å². The summed E-state index contributed by atoms with van der Waals surface area (Å²) in [5.74, 6) is -5.69. The van der Waals surface area contributed by atoms with Crippen molar-refractivity contribution < 1.29 is 38.4 Å². The largest absolute Gasteiger partial charge is 0.370 e. The Balaban J connectivity index is 1.32. The maximum absolute atomic E-state index is 14.5. The topological polar surface area (TPSA) is 356 Å². The molecule has 6 rings (SSSR count). The Hall–Kier alpha value is -7.78. The molecule has 2 fully saturated rings. The monoisotopic (exact) mass is 979 g/mol. The van der Waals surface area contributed by atoms with Gasteiger partial charge in [0.2, 0.25) is 47.3 Å². The number of nitrogens with two attached hydrogens (primary N) is 3. The van der Waals surface area contributed by atoms with Crippen molar-refractivity contribution in [2.45, 2.75) is 126 Å². The number of amides is 8. The summed E-state index contributed by atoms with van der Waals surface area (Å²) >= 11 is 0.